The van der Waals surface area contributed by atoms with Crippen molar-refractivity contribution in [3.8, 4) is 5.69 Å². The molecule has 19 heavy (non-hydrogen) atoms. The van der Waals surface area contributed by atoms with Crippen LogP contribution >= 0.6 is 11.8 Å². The molecule has 1 aliphatic rings. The van der Waals surface area contributed by atoms with E-state index in [1.807, 2.05) is 30.0 Å². The van der Waals surface area contributed by atoms with E-state index in [0.29, 0.717) is 0 Å². The van der Waals surface area contributed by atoms with Gasteiger partial charge in [-0.25, -0.2) is 0 Å². The van der Waals surface area contributed by atoms with Crippen molar-refractivity contribution in [3.05, 3.63) is 36.7 Å². The first-order chi connectivity index (χ1) is 9.43. The Morgan fingerprint density at radius 3 is 2.68 bits per heavy atom. The summed E-state index contributed by atoms with van der Waals surface area (Å²) in [7, 11) is 0. The minimum Gasteiger partial charge on any atom is -0.277 e. The molecule has 0 radical (unpaired) electrons. The van der Waals surface area contributed by atoms with Crippen LogP contribution < -0.4 is 0 Å². The van der Waals surface area contributed by atoms with Crippen LogP contribution in [0.4, 0.5) is 0 Å². The van der Waals surface area contributed by atoms with Crippen molar-refractivity contribution < 1.29 is 0 Å². The van der Waals surface area contributed by atoms with Gasteiger partial charge in [0.2, 0.25) is 0 Å². The SMILES string of the molecule is c1ccc(-n2cnnc2SCC2CCCCC2)cc1. The highest BCUT2D eigenvalue weighted by molar-refractivity contribution is 7.99. The van der Waals surface area contributed by atoms with Gasteiger partial charge < -0.3 is 0 Å². The number of aromatic nitrogens is 3. The molecule has 0 unspecified atom stereocenters. The van der Waals surface area contributed by atoms with Crippen molar-refractivity contribution in [3.63, 3.8) is 0 Å². The lowest BCUT2D eigenvalue weighted by Gasteiger charge is -2.20. The Bertz CT molecular complexity index is 503. The Morgan fingerprint density at radius 2 is 1.89 bits per heavy atom. The molecule has 0 atom stereocenters. The van der Waals surface area contributed by atoms with Crippen LogP contribution in [-0.2, 0) is 0 Å². The molecule has 1 fully saturated rings. The van der Waals surface area contributed by atoms with Crippen LogP contribution in [0.5, 0.6) is 0 Å². The summed E-state index contributed by atoms with van der Waals surface area (Å²) >= 11 is 1.84. The van der Waals surface area contributed by atoms with Gasteiger partial charge in [0.05, 0.1) is 0 Å². The number of para-hydroxylation sites is 1. The van der Waals surface area contributed by atoms with Crippen LogP contribution in [0.15, 0.2) is 41.8 Å². The van der Waals surface area contributed by atoms with E-state index in [1.54, 1.807) is 6.33 Å². The monoisotopic (exact) mass is 273 g/mol. The summed E-state index contributed by atoms with van der Waals surface area (Å²) in [6, 6.07) is 10.3. The zero-order valence-electron chi connectivity index (χ0n) is 11.0. The first-order valence-corrected chi connectivity index (χ1v) is 8.00. The smallest absolute Gasteiger partial charge is 0.195 e. The van der Waals surface area contributed by atoms with Gasteiger partial charge in [0.1, 0.15) is 6.33 Å². The van der Waals surface area contributed by atoms with Crippen LogP contribution in [0.2, 0.25) is 0 Å². The first kappa shape index (κ1) is 12.7. The molecule has 0 spiro atoms. The van der Waals surface area contributed by atoms with Gasteiger partial charge in [0, 0.05) is 11.4 Å². The predicted molar refractivity (Wildman–Crippen MR) is 78.7 cm³/mol. The fraction of sp³-hybridized carbons (Fsp3) is 0.467. The summed E-state index contributed by atoms with van der Waals surface area (Å²) in [5.74, 6) is 2.03. The lowest BCUT2D eigenvalue weighted by molar-refractivity contribution is 0.390. The molecule has 1 aromatic heterocycles. The van der Waals surface area contributed by atoms with E-state index in [-0.39, 0.29) is 0 Å². The molecule has 3 nitrogen and oxygen atoms in total. The molecule has 3 rings (SSSR count). The Kier molecular flexibility index (Phi) is 4.18. The molecule has 4 heteroatoms. The topological polar surface area (TPSA) is 30.7 Å². The molecule has 0 bridgehead atoms. The van der Waals surface area contributed by atoms with Gasteiger partial charge >= 0.3 is 0 Å². The van der Waals surface area contributed by atoms with Gasteiger partial charge in [-0.1, -0.05) is 49.2 Å². The molecule has 100 valence electrons. The highest BCUT2D eigenvalue weighted by Crippen LogP contribution is 2.29. The Balaban J connectivity index is 1.67. The van der Waals surface area contributed by atoms with E-state index in [4.69, 9.17) is 0 Å². The van der Waals surface area contributed by atoms with Crippen molar-refractivity contribution in [2.45, 2.75) is 37.3 Å². The Hall–Kier alpha value is -1.29. The second kappa shape index (κ2) is 6.24. The van der Waals surface area contributed by atoms with Crippen molar-refractivity contribution in [1.82, 2.24) is 14.8 Å². The van der Waals surface area contributed by atoms with Crippen LogP contribution in [-0.4, -0.2) is 20.5 Å². The molecule has 1 aliphatic carbocycles. The van der Waals surface area contributed by atoms with Crippen molar-refractivity contribution >= 4 is 11.8 Å². The summed E-state index contributed by atoms with van der Waals surface area (Å²) in [6.45, 7) is 0. The third-order valence-electron chi connectivity index (χ3n) is 3.72. The second-order valence-corrected chi connectivity index (χ2v) is 6.12. The average molecular weight is 273 g/mol. The summed E-state index contributed by atoms with van der Waals surface area (Å²) in [5.41, 5.74) is 1.14. The van der Waals surface area contributed by atoms with Crippen LogP contribution in [0.25, 0.3) is 5.69 Å². The van der Waals surface area contributed by atoms with Crippen LogP contribution in [0.3, 0.4) is 0 Å². The minimum atomic E-state index is 0.861. The maximum Gasteiger partial charge on any atom is 0.195 e. The molecule has 1 heterocycles. The molecule has 0 saturated heterocycles. The maximum atomic E-state index is 4.25. The van der Waals surface area contributed by atoms with E-state index in [2.05, 4.69) is 26.9 Å². The van der Waals surface area contributed by atoms with Gasteiger partial charge in [-0.05, 0) is 30.9 Å². The molecular weight excluding hydrogens is 254 g/mol. The second-order valence-electron chi connectivity index (χ2n) is 5.13. The van der Waals surface area contributed by atoms with Gasteiger partial charge in [-0.15, -0.1) is 10.2 Å². The Labute approximate surface area is 118 Å². The lowest BCUT2D eigenvalue weighted by Crippen LogP contribution is -2.09. The Morgan fingerprint density at radius 1 is 1.11 bits per heavy atom. The van der Waals surface area contributed by atoms with Crippen LogP contribution in [0, 0.1) is 5.92 Å². The van der Waals surface area contributed by atoms with E-state index >= 15 is 0 Å². The highest BCUT2D eigenvalue weighted by atomic mass is 32.2. The van der Waals surface area contributed by atoms with Gasteiger partial charge in [-0.3, -0.25) is 4.57 Å². The number of thioether (sulfide) groups is 1. The number of nitrogens with zero attached hydrogens (tertiary/aromatic N) is 3. The molecule has 0 amide bonds. The molecule has 2 aromatic rings. The third-order valence-corrected chi connectivity index (χ3v) is 4.90. The predicted octanol–water partition coefficient (Wildman–Crippen LogP) is 3.94. The molecule has 0 N–H and O–H groups in total. The highest BCUT2D eigenvalue weighted by Gasteiger charge is 2.15. The van der Waals surface area contributed by atoms with Gasteiger partial charge in [-0.2, -0.15) is 0 Å². The summed E-state index contributed by atoms with van der Waals surface area (Å²) in [6.07, 6.45) is 8.78. The lowest BCUT2D eigenvalue weighted by atomic mass is 9.91. The number of hydrogen-bond donors (Lipinski definition) is 0. The fourth-order valence-corrected chi connectivity index (χ4v) is 3.75. The number of benzene rings is 1. The van der Waals surface area contributed by atoms with E-state index in [0.717, 1.165) is 16.8 Å². The maximum absolute atomic E-state index is 4.25. The average Bonchev–Trinajstić information content (AvgIpc) is 2.95. The minimum absolute atomic E-state index is 0.861. The van der Waals surface area contributed by atoms with Crippen LogP contribution in [0.1, 0.15) is 32.1 Å². The summed E-state index contributed by atoms with van der Waals surface area (Å²) in [4.78, 5) is 0. The quantitative estimate of drug-likeness (QED) is 0.791. The summed E-state index contributed by atoms with van der Waals surface area (Å²) < 4.78 is 2.08. The number of hydrogen-bond acceptors (Lipinski definition) is 3. The fourth-order valence-electron chi connectivity index (χ4n) is 2.63. The zero-order valence-corrected chi connectivity index (χ0v) is 11.9. The summed E-state index contributed by atoms with van der Waals surface area (Å²) in [5, 5.41) is 9.32. The van der Waals surface area contributed by atoms with Crippen molar-refractivity contribution in [2.75, 3.05) is 5.75 Å². The first-order valence-electron chi connectivity index (χ1n) is 7.02. The molecule has 1 saturated carbocycles. The van der Waals surface area contributed by atoms with E-state index < -0.39 is 0 Å². The van der Waals surface area contributed by atoms with Gasteiger partial charge in [0.25, 0.3) is 0 Å². The van der Waals surface area contributed by atoms with E-state index in [1.165, 1.54) is 37.9 Å². The number of rotatable bonds is 4. The van der Waals surface area contributed by atoms with E-state index in [9.17, 15) is 0 Å². The van der Waals surface area contributed by atoms with Crippen molar-refractivity contribution in [2.24, 2.45) is 5.92 Å². The third kappa shape index (κ3) is 3.18. The normalized spacial score (nSPS) is 16.6. The largest absolute Gasteiger partial charge is 0.277 e. The molecule has 0 aliphatic heterocycles. The van der Waals surface area contributed by atoms with Gasteiger partial charge in [0.15, 0.2) is 5.16 Å². The molecule has 1 aromatic carbocycles. The standard InChI is InChI=1S/C15H19N3S/c1-3-7-13(8-4-1)11-19-15-17-16-12-18(15)14-9-5-2-6-10-14/h2,5-6,9-10,12-13H,1,3-4,7-8,11H2. The van der Waals surface area contributed by atoms with Crippen molar-refractivity contribution in [1.29, 1.82) is 0 Å². The zero-order chi connectivity index (χ0) is 12.9. The molecular formula is C15H19N3S.